The van der Waals surface area contributed by atoms with Gasteiger partial charge in [0.1, 0.15) is 11.5 Å². The zero-order valence-electron chi connectivity index (χ0n) is 12.3. The molecule has 1 heterocycles. The minimum absolute atomic E-state index is 0.0200. The van der Waals surface area contributed by atoms with Gasteiger partial charge < -0.3 is 10.1 Å². The van der Waals surface area contributed by atoms with E-state index in [1.54, 1.807) is 0 Å². The molecule has 0 fully saturated rings. The third kappa shape index (κ3) is 4.46. The molecule has 116 valence electrons. The molecule has 0 saturated heterocycles. The van der Waals surface area contributed by atoms with E-state index in [-0.39, 0.29) is 17.7 Å². The number of ether oxygens (including phenoxy) is 1. The summed E-state index contributed by atoms with van der Waals surface area (Å²) >= 11 is 0. The van der Waals surface area contributed by atoms with Crippen LogP contribution in [0.25, 0.3) is 0 Å². The summed E-state index contributed by atoms with van der Waals surface area (Å²) < 4.78 is 29.2. The van der Waals surface area contributed by atoms with Crippen LogP contribution in [0.2, 0.25) is 0 Å². The number of amides is 1. The Morgan fingerprint density at radius 3 is 2.81 bits per heavy atom. The molecule has 0 spiro atoms. The predicted octanol–water partition coefficient (Wildman–Crippen LogP) is 1.70. The van der Waals surface area contributed by atoms with Crippen LogP contribution < -0.4 is 10.1 Å². The first-order valence-electron chi connectivity index (χ1n) is 7.09. The van der Waals surface area contributed by atoms with Crippen LogP contribution in [0.5, 0.6) is 5.75 Å². The number of sulfone groups is 1. The van der Waals surface area contributed by atoms with Crippen LogP contribution in [0, 0.1) is 5.92 Å². The van der Waals surface area contributed by atoms with Crippen molar-refractivity contribution in [3.05, 3.63) is 29.8 Å². The third-order valence-electron chi connectivity index (χ3n) is 3.23. The van der Waals surface area contributed by atoms with Gasteiger partial charge in [0.25, 0.3) is 0 Å². The van der Waals surface area contributed by atoms with E-state index in [0.29, 0.717) is 13.0 Å². The number of para-hydroxylation sites is 1. The van der Waals surface area contributed by atoms with E-state index >= 15 is 0 Å². The molecule has 1 aromatic rings. The highest BCUT2D eigenvalue weighted by atomic mass is 32.2. The van der Waals surface area contributed by atoms with Crippen molar-refractivity contribution in [3.8, 4) is 5.75 Å². The zero-order valence-corrected chi connectivity index (χ0v) is 13.2. The standard InChI is InChI=1S/C15H21NO4S/c1-11(2)9-21(18,19)10-15(17)16-13-7-8-20-14-6-4-3-5-12(13)14/h3-6,11,13H,7-10H2,1-2H3,(H,16,17). The Kier molecular flexibility index (Phi) is 4.88. The minimum Gasteiger partial charge on any atom is -0.493 e. The zero-order chi connectivity index (χ0) is 15.5. The number of benzene rings is 1. The molecule has 1 N–H and O–H groups in total. The predicted molar refractivity (Wildman–Crippen MR) is 80.9 cm³/mol. The molecule has 1 aromatic carbocycles. The van der Waals surface area contributed by atoms with Gasteiger partial charge in [0.2, 0.25) is 5.91 Å². The van der Waals surface area contributed by atoms with Gasteiger partial charge >= 0.3 is 0 Å². The Morgan fingerprint density at radius 2 is 2.10 bits per heavy atom. The second-order valence-corrected chi connectivity index (χ2v) is 7.85. The Morgan fingerprint density at radius 1 is 1.38 bits per heavy atom. The Labute approximate surface area is 125 Å². The molecule has 0 aromatic heterocycles. The van der Waals surface area contributed by atoms with Crippen LogP contribution in [0.3, 0.4) is 0 Å². The van der Waals surface area contributed by atoms with E-state index in [2.05, 4.69) is 5.32 Å². The van der Waals surface area contributed by atoms with Gasteiger partial charge in [-0.2, -0.15) is 0 Å². The van der Waals surface area contributed by atoms with Crippen molar-refractivity contribution in [2.75, 3.05) is 18.1 Å². The summed E-state index contributed by atoms with van der Waals surface area (Å²) in [5.41, 5.74) is 0.901. The smallest absolute Gasteiger partial charge is 0.235 e. The van der Waals surface area contributed by atoms with Crippen LogP contribution >= 0.6 is 0 Å². The molecule has 1 unspecified atom stereocenters. The third-order valence-corrected chi connectivity index (χ3v) is 5.11. The molecule has 0 radical (unpaired) electrons. The van der Waals surface area contributed by atoms with E-state index in [4.69, 9.17) is 4.74 Å². The van der Waals surface area contributed by atoms with E-state index in [1.807, 2.05) is 38.1 Å². The molecular weight excluding hydrogens is 290 g/mol. The molecule has 6 heteroatoms. The van der Waals surface area contributed by atoms with Gasteiger partial charge in [-0.3, -0.25) is 4.79 Å². The maximum atomic E-state index is 12.0. The number of fused-ring (bicyclic) bond motifs is 1. The van der Waals surface area contributed by atoms with Crippen molar-refractivity contribution in [1.82, 2.24) is 5.32 Å². The second-order valence-electron chi connectivity index (χ2n) is 5.74. The number of carbonyl (C=O) groups is 1. The Bertz CT molecular complexity index is 610. The summed E-state index contributed by atoms with van der Waals surface area (Å²) in [5, 5.41) is 2.81. The molecule has 1 atom stereocenters. The van der Waals surface area contributed by atoms with Crippen molar-refractivity contribution < 1.29 is 17.9 Å². The molecule has 0 aliphatic carbocycles. The van der Waals surface area contributed by atoms with Crippen LogP contribution in [-0.2, 0) is 14.6 Å². The van der Waals surface area contributed by atoms with Crippen molar-refractivity contribution >= 4 is 15.7 Å². The molecule has 5 nitrogen and oxygen atoms in total. The molecule has 0 bridgehead atoms. The fourth-order valence-electron chi connectivity index (χ4n) is 2.49. The quantitative estimate of drug-likeness (QED) is 0.898. The molecule has 1 aliphatic rings. The lowest BCUT2D eigenvalue weighted by Crippen LogP contribution is -2.36. The van der Waals surface area contributed by atoms with E-state index in [1.165, 1.54) is 0 Å². The summed E-state index contributed by atoms with van der Waals surface area (Å²) in [6.07, 6.45) is 0.646. The van der Waals surface area contributed by atoms with Gasteiger partial charge in [0, 0.05) is 12.0 Å². The SMILES string of the molecule is CC(C)CS(=O)(=O)CC(=O)NC1CCOc2ccccc21. The van der Waals surface area contributed by atoms with Crippen molar-refractivity contribution in [2.45, 2.75) is 26.3 Å². The van der Waals surface area contributed by atoms with Crippen molar-refractivity contribution in [1.29, 1.82) is 0 Å². The molecule has 1 aliphatic heterocycles. The first-order valence-corrected chi connectivity index (χ1v) is 8.91. The van der Waals surface area contributed by atoms with Gasteiger partial charge in [0.15, 0.2) is 9.84 Å². The van der Waals surface area contributed by atoms with Gasteiger partial charge in [0.05, 0.1) is 18.4 Å². The van der Waals surface area contributed by atoms with Crippen molar-refractivity contribution in [2.24, 2.45) is 5.92 Å². The summed E-state index contributed by atoms with van der Waals surface area (Å²) in [6, 6.07) is 7.31. The number of hydrogen-bond donors (Lipinski definition) is 1. The lowest BCUT2D eigenvalue weighted by molar-refractivity contribution is -0.119. The number of carbonyl (C=O) groups excluding carboxylic acids is 1. The first kappa shape index (κ1) is 15.8. The fourth-order valence-corrected chi connectivity index (χ4v) is 4.11. The van der Waals surface area contributed by atoms with Crippen molar-refractivity contribution in [3.63, 3.8) is 0 Å². The van der Waals surface area contributed by atoms with Gasteiger partial charge in [-0.1, -0.05) is 32.0 Å². The highest BCUT2D eigenvalue weighted by Gasteiger charge is 2.25. The average Bonchev–Trinajstić information content (AvgIpc) is 2.36. The maximum absolute atomic E-state index is 12.0. The molecular formula is C15H21NO4S. The Balaban J connectivity index is 2.01. The minimum atomic E-state index is -3.35. The molecule has 0 saturated carbocycles. The van der Waals surface area contributed by atoms with E-state index in [9.17, 15) is 13.2 Å². The lowest BCUT2D eigenvalue weighted by atomic mass is 10.0. The number of hydrogen-bond acceptors (Lipinski definition) is 4. The van der Waals surface area contributed by atoms with Crippen LogP contribution in [0.1, 0.15) is 31.9 Å². The van der Waals surface area contributed by atoms with Crippen LogP contribution in [0.4, 0.5) is 0 Å². The summed E-state index contributed by atoms with van der Waals surface area (Å²) in [5.74, 6) is -0.0989. The highest BCUT2D eigenvalue weighted by Crippen LogP contribution is 2.31. The molecule has 1 amide bonds. The van der Waals surface area contributed by atoms with Gasteiger partial charge in [-0.15, -0.1) is 0 Å². The normalized spacial score (nSPS) is 18.0. The fraction of sp³-hybridized carbons (Fsp3) is 0.533. The van der Waals surface area contributed by atoms with E-state index < -0.39 is 21.5 Å². The number of nitrogens with one attached hydrogen (secondary N) is 1. The lowest BCUT2D eigenvalue weighted by Gasteiger charge is -2.26. The average molecular weight is 311 g/mol. The number of rotatable bonds is 5. The monoisotopic (exact) mass is 311 g/mol. The van der Waals surface area contributed by atoms with Gasteiger partial charge in [-0.25, -0.2) is 8.42 Å². The topological polar surface area (TPSA) is 72.5 Å². The first-order chi connectivity index (χ1) is 9.87. The summed E-state index contributed by atoms with van der Waals surface area (Å²) in [7, 11) is -3.35. The largest absolute Gasteiger partial charge is 0.493 e. The summed E-state index contributed by atoms with van der Waals surface area (Å²) in [6.45, 7) is 4.16. The summed E-state index contributed by atoms with van der Waals surface area (Å²) in [4.78, 5) is 12.0. The van der Waals surface area contributed by atoms with Crippen LogP contribution in [-0.4, -0.2) is 32.4 Å². The Hall–Kier alpha value is -1.56. The van der Waals surface area contributed by atoms with Gasteiger partial charge in [-0.05, 0) is 12.0 Å². The molecule has 21 heavy (non-hydrogen) atoms. The van der Waals surface area contributed by atoms with Crippen LogP contribution in [0.15, 0.2) is 24.3 Å². The second kappa shape index (κ2) is 6.47. The molecule has 2 rings (SSSR count). The van der Waals surface area contributed by atoms with E-state index in [0.717, 1.165) is 11.3 Å². The highest BCUT2D eigenvalue weighted by molar-refractivity contribution is 7.92. The maximum Gasteiger partial charge on any atom is 0.235 e.